The van der Waals surface area contributed by atoms with Gasteiger partial charge in [0.15, 0.2) is 0 Å². The van der Waals surface area contributed by atoms with Crippen molar-refractivity contribution in [2.75, 3.05) is 13.1 Å². The van der Waals surface area contributed by atoms with Gasteiger partial charge in [0.2, 0.25) is 10.0 Å². The van der Waals surface area contributed by atoms with Crippen LogP contribution < -0.4 is 5.73 Å². The average molecular weight is 344 g/mol. The minimum Gasteiger partial charge on any atom is -0.286 e. The number of hydrogen-bond acceptors (Lipinski definition) is 3. The SMILES string of the molecule is CCN(CC)S(=O)(=O)c1ccc([N+]2=C(N)c3ccccc3C2)cc1. The van der Waals surface area contributed by atoms with Crippen molar-refractivity contribution in [3.05, 3.63) is 59.7 Å². The van der Waals surface area contributed by atoms with Crippen LogP contribution in [0.25, 0.3) is 0 Å². The summed E-state index contributed by atoms with van der Waals surface area (Å²) >= 11 is 0. The second kappa shape index (κ2) is 6.37. The third kappa shape index (κ3) is 2.72. The van der Waals surface area contributed by atoms with Crippen LogP contribution in [0.4, 0.5) is 5.69 Å². The maximum Gasteiger partial charge on any atom is 0.280 e. The molecule has 1 aliphatic rings. The summed E-state index contributed by atoms with van der Waals surface area (Å²) in [7, 11) is -3.43. The summed E-state index contributed by atoms with van der Waals surface area (Å²) in [5.41, 5.74) is 9.36. The topological polar surface area (TPSA) is 66.4 Å². The third-order valence-electron chi connectivity index (χ3n) is 4.40. The quantitative estimate of drug-likeness (QED) is 0.846. The van der Waals surface area contributed by atoms with Crippen LogP contribution in [0.15, 0.2) is 53.4 Å². The molecular formula is C18H22N3O2S+. The van der Waals surface area contributed by atoms with Gasteiger partial charge in [-0.25, -0.2) is 13.0 Å². The van der Waals surface area contributed by atoms with Crippen LogP contribution in [0.2, 0.25) is 0 Å². The molecule has 3 rings (SSSR count). The van der Waals surface area contributed by atoms with Crippen molar-refractivity contribution in [2.24, 2.45) is 5.73 Å². The first-order valence-corrected chi connectivity index (χ1v) is 9.51. The summed E-state index contributed by atoms with van der Waals surface area (Å²) in [4.78, 5) is 0.310. The number of benzene rings is 2. The summed E-state index contributed by atoms with van der Waals surface area (Å²) in [6.07, 6.45) is 0. The van der Waals surface area contributed by atoms with Crippen LogP contribution in [-0.2, 0) is 16.6 Å². The van der Waals surface area contributed by atoms with E-state index < -0.39 is 10.0 Å². The van der Waals surface area contributed by atoms with Crippen molar-refractivity contribution in [1.82, 2.24) is 4.31 Å². The van der Waals surface area contributed by atoms with E-state index >= 15 is 0 Å². The van der Waals surface area contributed by atoms with Gasteiger partial charge >= 0.3 is 0 Å². The molecule has 2 aromatic carbocycles. The van der Waals surface area contributed by atoms with Gasteiger partial charge < -0.3 is 0 Å². The van der Waals surface area contributed by atoms with Crippen LogP contribution in [-0.4, -0.2) is 36.2 Å². The lowest BCUT2D eigenvalue weighted by Crippen LogP contribution is -2.30. The maximum atomic E-state index is 12.6. The molecule has 6 heteroatoms. The van der Waals surface area contributed by atoms with E-state index in [0.717, 1.165) is 11.3 Å². The highest BCUT2D eigenvalue weighted by Crippen LogP contribution is 2.25. The van der Waals surface area contributed by atoms with Crippen LogP contribution in [0.5, 0.6) is 0 Å². The highest BCUT2D eigenvalue weighted by atomic mass is 32.2. The van der Waals surface area contributed by atoms with E-state index in [0.29, 0.717) is 30.4 Å². The van der Waals surface area contributed by atoms with Gasteiger partial charge in [0.1, 0.15) is 12.2 Å². The predicted molar refractivity (Wildman–Crippen MR) is 94.9 cm³/mol. The van der Waals surface area contributed by atoms with E-state index in [1.165, 1.54) is 9.87 Å². The zero-order valence-corrected chi connectivity index (χ0v) is 14.8. The summed E-state index contributed by atoms with van der Waals surface area (Å²) in [5.74, 6) is 0.699. The van der Waals surface area contributed by atoms with Crippen LogP contribution in [0.1, 0.15) is 25.0 Å². The molecule has 2 aromatic rings. The summed E-state index contributed by atoms with van der Waals surface area (Å²) in [5, 5.41) is 0. The van der Waals surface area contributed by atoms with Crippen LogP contribution >= 0.6 is 0 Å². The lowest BCUT2D eigenvalue weighted by molar-refractivity contribution is -0.453. The molecule has 0 atom stereocenters. The van der Waals surface area contributed by atoms with E-state index in [2.05, 4.69) is 6.07 Å². The van der Waals surface area contributed by atoms with Gasteiger partial charge in [-0.05, 0) is 30.3 Å². The largest absolute Gasteiger partial charge is 0.286 e. The van der Waals surface area contributed by atoms with Gasteiger partial charge in [0.25, 0.3) is 5.84 Å². The lowest BCUT2D eigenvalue weighted by Gasteiger charge is -2.18. The molecule has 1 aliphatic heterocycles. The highest BCUT2D eigenvalue weighted by molar-refractivity contribution is 7.89. The van der Waals surface area contributed by atoms with E-state index in [4.69, 9.17) is 5.73 Å². The van der Waals surface area contributed by atoms with E-state index in [1.54, 1.807) is 12.1 Å². The fraction of sp³-hybridized carbons (Fsp3) is 0.278. The zero-order chi connectivity index (χ0) is 17.3. The molecule has 0 bridgehead atoms. The number of nitrogens with zero attached hydrogens (tertiary/aromatic N) is 2. The van der Waals surface area contributed by atoms with E-state index in [9.17, 15) is 8.42 Å². The second-order valence-corrected chi connectivity index (χ2v) is 7.65. The lowest BCUT2D eigenvalue weighted by atomic mass is 10.1. The molecule has 0 saturated heterocycles. The van der Waals surface area contributed by atoms with Crippen molar-refractivity contribution >= 4 is 21.5 Å². The molecule has 0 unspecified atom stereocenters. The van der Waals surface area contributed by atoms with Crippen LogP contribution in [0, 0.1) is 0 Å². The number of sulfonamides is 1. The Morgan fingerprint density at radius 3 is 2.25 bits per heavy atom. The standard InChI is InChI=1S/C18H21N3O2S/c1-3-20(4-2)24(22,23)16-11-9-15(10-12-16)21-13-14-7-5-6-8-17(14)18(21)19/h5-12,19H,3-4,13H2,1-2H3/p+1. The molecule has 126 valence electrons. The molecule has 1 heterocycles. The number of amidine groups is 1. The Labute approximate surface area is 143 Å². The number of fused-ring (bicyclic) bond motifs is 1. The Bertz CT molecular complexity index is 883. The number of nitrogens with two attached hydrogens (primary N) is 1. The minimum absolute atomic E-state index is 0.310. The van der Waals surface area contributed by atoms with Gasteiger partial charge in [-0.2, -0.15) is 4.31 Å². The van der Waals surface area contributed by atoms with E-state index in [1.807, 2.05) is 48.8 Å². The van der Waals surface area contributed by atoms with Gasteiger partial charge in [-0.1, -0.05) is 32.0 Å². The van der Waals surface area contributed by atoms with Crippen molar-refractivity contribution in [3.63, 3.8) is 0 Å². The molecule has 0 aliphatic carbocycles. The molecule has 0 spiro atoms. The average Bonchev–Trinajstić information content (AvgIpc) is 2.93. The smallest absolute Gasteiger partial charge is 0.280 e. The van der Waals surface area contributed by atoms with Crippen molar-refractivity contribution in [2.45, 2.75) is 25.3 Å². The molecule has 24 heavy (non-hydrogen) atoms. The molecule has 5 nitrogen and oxygen atoms in total. The first kappa shape index (κ1) is 16.7. The van der Waals surface area contributed by atoms with Gasteiger partial charge in [-0.3, -0.25) is 5.73 Å². The number of hydrogen-bond donors (Lipinski definition) is 1. The zero-order valence-electron chi connectivity index (χ0n) is 13.9. The monoisotopic (exact) mass is 344 g/mol. The fourth-order valence-electron chi connectivity index (χ4n) is 3.05. The Hall–Kier alpha value is -2.18. The molecule has 2 N–H and O–H groups in total. The van der Waals surface area contributed by atoms with Gasteiger partial charge in [0, 0.05) is 18.7 Å². The summed E-state index contributed by atoms with van der Waals surface area (Å²) in [6, 6.07) is 15.0. The Morgan fingerprint density at radius 2 is 1.67 bits per heavy atom. The highest BCUT2D eigenvalue weighted by Gasteiger charge is 2.26. The molecule has 0 radical (unpaired) electrons. The van der Waals surface area contributed by atoms with Crippen molar-refractivity contribution in [1.29, 1.82) is 0 Å². The Kier molecular flexibility index (Phi) is 4.43. The predicted octanol–water partition coefficient (Wildman–Crippen LogP) is 2.28. The number of rotatable bonds is 5. The summed E-state index contributed by atoms with van der Waals surface area (Å²) < 4.78 is 28.6. The fourth-order valence-corrected chi connectivity index (χ4v) is 4.51. The maximum absolute atomic E-state index is 12.6. The van der Waals surface area contributed by atoms with Crippen molar-refractivity contribution in [3.8, 4) is 0 Å². The normalized spacial score (nSPS) is 14.3. The van der Waals surface area contributed by atoms with Gasteiger partial charge in [-0.15, -0.1) is 0 Å². The first-order chi connectivity index (χ1) is 11.5. The molecule has 0 aromatic heterocycles. The Morgan fingerprint density at radius 1 is 1.04 bits per heavy atom. The summed E-state index contributed by atoms with van der Waals surface area (Å²) in [6.45, 7) is 5.30. The molecule has 0 fully saturated rings. The Balaban J connectivity index is 1.93. The minimum atomic E-state index is -3.43. The molecule has 0 saturated carbocycles. The molecule has 0 amide bonds. The van der Waals surface area contributed by atoms with Gasteiger partial charge in [0.05, 0.1) is 10.5 Å². The third-order valence-corrected chi connectivity index (χ3v) is 6.47. The second-order valence-electron chi connectivity index (χ2n) is 5.71. The first-order valence-electron chi connectivity index (χ1n) is 8.07. The van der Waals surface area contributed by atoms with E-state index in [-0.39, 0.29) is 0 Å². The van der Waals surface area contributed by atoms with Crippen LogP contribution in [0.3, 0.4) is 0 Å². The van der Waals surface area contributed by atoms with Crippen molar-refractivity contribution < 1.29 is 13.0 Å². The molecular weight excluding hydrogens is 322 g/mol.